The van der Waals surface area contributed by atoms with Gasteiger partial charge in [-0.15, -0.1) is 0 Å². The lowest BCUT2D eigenvalue weighted by molar-refractivity contribution is -0.128. The predicted octanol–water partition coefficient (Wildman–Crippen LogP) is 5.64. The summed E-state index contributed by atoms with van der Waals surface area (Å²) in [6, 6.07) is 14.5. The molecular formula is C24H33NO2. The van der Waals surface area contributed by atoms with Crippen molar-refractivity contribution in [2.75, 3.05) is 0 Å². The van der Waals surface area contributed by atoms with Gasteiger partial charge in [-0.05, 0) is 60.9 Å². The van der Waals surface area contributed by atoms with Crippen molar-refractivity contribution in [3.63, 3.8) is 0 Å². The fourth-order valence-corrected chi connectivity index (χ4v) is 2.97. The number of benzene rings is 2. The highest BCUT2D eigenvalue weighted by atomic mass is 16.5. The van der Waals surface area contributed by atoms with Gasteiger partial charge < -0.3 is 10.1 Å². The molecule has 146 valence electrons. The minimum absolute atomic E-state index is 0.0669. The highest BCUT2D eigenvalue weighted by Gasteiger charge is 2.22. The van der Waals surface area contributed by atoms with Crippen LogP contribution in [0.1, 0.15) is 69.3 Å². The number of amides is 1. The molecule has 2 atom stereocenters. The number of nitrogens with one attached hydrogen (secondary N) is 1. The molecule has 0 aliphatic carbocycles. The standard InChI is InChI=1S/C24H33NO2/c1-8-21(27-22-15-16(2)9-10-17(22)3)23(26)25-18(4)19-11-13-20(14-12-19)24(5,6)7/h9-15,18,21H,8H2,1-7H3,(H,25,26)/t18-,21+/m1/s1. The van der Waals surface area contributed by atoms with Crippen LogP contribution >= 0.6 is 0 Å². The Labute approximate surface area is 164 Å². The first-order chi connectivity index (χ1) is 12.6. The van der Waals surface area contributed by atoms with Gasteiger partial charge in [0.1, 0.15) is 5.75 Å². The number of carbonyl (C=O) groups is 1. The molecule has 0 radical (unpaired) electrons. The molecule has 27 heavy (non-hydrogen) atoms. The topological polar surface area (TPSA) is 38.3 Å². The molecule has 0 saturated carbocycles. The summed E-state index contributed by atoms with van der Waals surface area (Å²) in [4.78, 5) is 12.7. The summed E-state index contributed by atoms with van der Waals surface area (Å²) in [6.45, 7) is 14.6. The molecule has 0 bridgehead atoms. The van der Waals surface area contributed by atoms with Crippen LogP contribution in [0, 0.1) is 13.8 Å². The Morgan fingerprint density at radius 3 is 2.26 bits per heavy atom. The first kappa shape index (κ1) is 21.0. The van der Waals surface area contributed by atoms with E-state index in [2.05, 4.69) is 50.4 Å². The summed E-state index contributed by atoms with van der Waals surface area (Å²) >= 11 is 0. The zero-order chi connectivity index (χ0) is 20.2. The first-order valence-electron chi connectivity index (χ1n) is 9.76. The van der Waals surface area contributed by atoms with E-state index in [1.165, 1.54) is 5.56 Å². The van der Waals surface area contributed by atoms with Crippen LogP contribution in [0.25, 0.3) is 0 Å². The van der Waals surface area contributed by atoms with E-state index in [-0.39, 0.29) is 17.4 Å². The van der Waals surface area contributed by atoms with Gasteiger partial charge in [-0.25, -0.2) is 0 Å². The van der Waals surface area contributed by atoms with Gasteiger partial charge in [-0.2, -0.15) is 0 Å². The Bertz CT molecular complexity index is 772. The molecule has 0 spiro atoms. The molecular weight excluding hydrogens is 334 g/mol. The van der Waals surface area contributed by atoms with E-state index in [0.717, 1.165) is 22.4 Å². The maximum Gasteiger partial charge on any atom is 0.261 e. The Morgan fingerprint density at radius 1 is 1.07 bits per heavy atom. The monoisotopic (exact) mass is 367 g/mol. The van der Waals surface area contributed by atoms with Crippen LogP contribution < -0.4 is 10.1 Å². The third-order valence-corrected chi connectivity index (χ3v) is 4.91. The minimum atomic E-state index is -0.498. The van der Waals surface area contributed by atoms with Crippen LogP contribution in [0.4, 0.5) is 0 Å². The van der Waals surface area contributed by atoms with Crippen LogP contribution in [-0.2, 0) is 10.2 Å². The van der Waals surface area contributed by atoms with Crippen molar-refractivity contribution in [2.24, 2.45) is 0 Å². The first-order valence-corrected chi connectivity index (χ1v) is 9.76. The van der Waals surface area contributed by atoms with Gasteiger partial charge in [-0.3, -0.25) is 4.79 Å². The lowest BCUT2D eigenvalue weighted by Crippen LogP contribution is -2.39. The molecule has 0 heterocycles. The van der Waals surface area contributed by atoms with Crippen molar-refractivity contribution in [3.8, 4) is 5.75 Å². The third-order valence-electron chi connectivity index (χ3n) is 4.91. The smallest absolute Gasteiger partial charge is 0.261 e. The number of hydrogen-bond acceptors (Lipinski definition) is 2. The molecule has 0 aromatic heterocycles. The van der Waals surface area contributed by atoms with E-state index in [9.17, 15) is 4.79 Å². The van der Waals surface area contributed by atoms with Gasteiger partial charge in [0.05, 0.1) is 6.04 Å². The second-order valence-corrected chi connectivity index (χ2v) is 8.39. The van der Waals surface area contributed by atoms with E-state index in [4.69, 9.17) is 4.74 Å². The summed E-state index contributed by atoms with van der Waals surface area (Å²) in [5.74, 6) is 0.699. The molecule has 2 rings (SSSR count). The largest absolute Gasteiger partial charge is 0.480 e. The Hall–Kier alpha value is -2.29. The Balaban J connectivity index is 2.06. The van der Waals surface area contributed by atoms with E-state index >= 15 is 0 Å². The summed E-state index contributed by atoms with van der Waals surface area (Å²) in [5, 5.41) is 3.10. The second-order valence-electron chi connectivity index (χ2n) is 8.39. The number of rotatable bonds is 6. The zero-order valence-corrected chi connectivity index (χ0v) is 17.7. The van der Waals surface area contributed by atoms with Gasteiger partial charge in [0.15, 0.2) is 6.10 Å². The minimum Gasteiger partial charge on any atom is -0.480 e. The highest BCUT2D eigenvalue weighted by molar-refractivity contribution is 5.81. The summed E-state index contributed by atoms with van der Waals surface area (Å²) < 4.78 is 6.03. The lowest BCUT2D eigenvalue weighted by atomic mass is 9.86. The molecule has 2 aromatic carbocycles. The molecule has 2 aromatic rings. The Kier molecular flexibility index (Phi) is 6.69. The Morgan fingerprint density at radius 2 is 1.70 bits per heavy atom. The van der Waals surface area contributed by atoms with Crippen LogP contribution in [0.5, 0.6) is 5.75 Å². The fourth-order valence-electron chi connectivity index (χ4n) is 2.97. The van der Waals surface area contributed by atoms with Gasteiger partial charge in [0, 0.05) is 0 Å². The maximum absolute atomic E-state index is 12.7. The van der Waals surface area contributed by atoms with Crippen LogP contribution in [0.15, 0.2) is 42.5 Å². The van der Waals surface area contributed by atoms with Crippen LogP contribution in [-0.4, -0.2) is 12.0 Å². The van der Waals surface area contributed by atoms with Gasteiger partial charge in [-0.1, -0.05) is 64.1 Å². The number of ether oxygens (including phenoxy) is 1. The highest BCUT2D eigenvalue weighted by Crippen LogP contribution is 2.25. The van der Waals surface area contributed by atoms with Gasteiger partial charge in [0.2, 0.25) is 0 Å². The van der Waals surface area contributed by atoms with Crippen molar-refractivity contribution >= 4 is 5.91 Å². The fraction of sp³-hybridized carbons (Fsp3) is 0.458. The van der Waals surface area contributed by atoms with Crippen molar-refractivity contribution < 1.29 is 9.53 Å². The van der Waals surface area contributed by atoms with E-state index < -0.39 is 6.10 Å². The number of aryl methyl sites for hydroxylation is 2. The molecule has 1 amide bonds. The van der Waals surface area contributed by atoms with Crippen molar-refractivity contribution in [1.82, 2.24) is 5.32 Å². The van der Waals surface area contributed by atoms with Crippen LogP contribution in [0.2, 0.25) is 0 Å². The SMILES string of the molecule is CC[C@H](Oc1cc(C)ccc1C)C(=O)N[C@H](C)c1ccc(C(C)(C)C)cc1. The normalized spacial score (nSPS) is 13.7. The summed E-state index contributed by atoms with van der Waals surface area (Å²) in [6.07, 6.45) is 0.122. The predicted molar refractivity (Wildman–Crippen MR) is 112 cm³/mol. The quantitative estimate of drug-likeness (QED) is 0.718. The third kappa shape index (κ3) is 5.59. The second kappa shape index (κ2) is 8.60. The van der Waals surface area contributed by atoms with E-state index in [1.54, 1.807) is 0 Å². The molecule has 0 saturated heterocycles. The maximum atomic E-state index is 12.7. The molecule has 3 heteroatoms. The molecule has 3 nitrogen and oxygen atoms in total. The summed E-state index contributed by atoms with van der Waals surface area (Å²) in [5.41, 5.74) is 4.67. The molecule has 0 aliphatic rings. The van der Waals surface area contributed by atoms with Crippen molar-refractivity contribution in [2.45, 2.75) is 72.4 Å². The van der Waals surface area contributed by atoms with Crippen LogP contribution in [0.3, 0.4) is 0 Å². The number of carbonyl (C=O) groups excluding carboxylic acids is 1. The molecule has 1 N–H and O–H groups in total. The summed E-state index contributed by atoms with van der Waals surface area (Å²) in [7, 11) is 0. The molecule has 0 aliphatic heterocycles. The molecule has 0 unspecified atom stereocenters. The van der Waals surface area contributed by atoms with E-state index in [0.29, 0.717) is 6.42 Å². The van der Waals surface area contributed by atoms with Crippen molar-refractivity contribution in [3.05, 3.63) is 64.7 Å². The average Bonchev–Trinajstić information content (AvgIpc) is 2.61. The average molecular weight is 368 g/mol. The van der Waals surface area contributed by atoms with Crippen molar-refractivity contribution in [1.29, 1.82) is 0 Å². The number of hydrogen-bond donors (Lipinski definition) is 1. The zero-order valence-electron chi connectivity index (χ0n) is 17.7. The van der Waals surface area contributed by atoms with E-state index in [1.807, 2.05) is 45.9 Å². The van der Waals surface area contributed by atoms with Gasteiger partial charge in [0.25, 0.3) is 5.91 Å². The van der Waals surface area contributed by atoms with Gasteiger partial charge >= 0.3 is 0 Å². The molecule has 0 fully saturated rings. The lowest BCUT2D eigenvalue weighted by Gasteiger charge is -2.23.